The lowest BCUT2D eigenvalue weighted by molar-refractivity contribution is -0.108. The van der Waals surface area contributed by atoms with Crippen LogP contribution in [0.1, 0.15) is 13.3 Å². The summed E-state index contributed by atoms with van der Waals surface area (Å²) < 4.78 is 0. The SMILES string of the molecule is CC1=CC(C=O)N(c2ccsc2)CC1. The van der Waals surface area contributed by atoms with Crippen LogP contribution in [0, 0.1) is 0 Å². The summed E-state index contributed by atoms with van der Waals surface area (Å²) in [5.41, 5.74) is 2.48. The molecule has 2 nitrogen and oxygen atoms in total. The van der Waals surface area contributed by atoms with Gasteiger partial charge in [0.25, 0.3) is 0 Å². The molecule has 1 unspecified atom stereocenters. The molecular weight excluding hydrogens is 194 g/mol. The molecule has 0 bridgehead atoms. The maximum absolute atomic E-state index is 10.9. The second kappa shape index (κ2) is 3.96. The Morgan fingerprint density at radius 1 is 1.64 bits per heavy atom. The number of aldehydes is 1. The van der Waals surface area contributed by atoms with Crippen LogP contribution in [0.4, 0.5) is 5.69 Å². The molecule has 0 amide bonds. The van der Waals surface area contributed by atoms with Crippen LogP contribution >= 0.6 is 11.3 Å². The van der Waals surface area contributed by atoms with Crippen molar-refractivity contribution in [2.24, 2.45) is 0 Å². The van der Waals surface area contributed by atoms with Crippen LogP contribution < -0.4 is 4.90 Å². The van der Waals surface area contributed by atoms with Crippen molar-refractivity contribution in [3.63, 3.8) is 0 Å². The summed E-state index contributed by atoms with van der Waals surface area (Å²) in [6.07, 6.45) is 4.12. The number of carbonyl (C=O) groups excluding carboxylic acids is 1. The van der Waals surface area contributed by atoms with Crippen molar-refractivity contribution in [2.75, 3.05) is 11.4 Å². The Morgan fingerprint density at radius 2 is 2.50 bits per heavy atom. The minimum atomic E-state index is -0.0710. The summed E-state index contributed by atoms with van der Waals surface area (Å²) in [6.45, 7) is 3.03. The van der Waals surface area contributed by atoms with E-state index in [0.717, 1.165) is 24.9 Å². The molecular formula is C11H13NOS. The van der Waals surface area contributed by atoms with E-state index in [0.29, 0.717) is 0 Å². The number of hydrogen-bond donors (Lipinski definition) is 0. The van der Waals surface area contributed by atoms with Crippen molar-refractivity contribution in [3.05, 3.63) is 28.5 Å². The van der Waals surface area contributed by atoms with Crippen molar-refractivity contribution in [1.82, 2.24) is 0 Å². The molecule has 1 atom stereocenters. The number of carbonyl (C=O) groups is 1. The van der Waals surface area contributed by atoms with Crippen LogP contribution in [0.15, 0.2) is 28.5 Å². The molecule has 74 valence electrons. The van der Waals surface area contributed by atoms with Crippen molar-refractivity contribution in [2.45, 2.75) is 19.4 Å². The van der Waals surface area contributed by atoms with Gasteiger partial charge in [-0.25, -0.2) is 0 Å². The Morgan fingerprint density at radius 3 is 3.14 bits per heavy atom. The fraction of sp³-hybridized carbons (Fsp3) is 0.364. The maximum atomic E-state index is 10.9. The third kappa shape index (κ3) is 1.73. The van der Waals surface area contributed by atoms with E-state index in [1.54, 1.807) is 11.3 Å². The van der Waals surface area contributed by atoms with E-state index in [1.807, 2.05) is 11.5 Å². The molecule has 1 aliphatic heterocycles. The molecule has 0 saturated heterocycles. The first-order valence-corrected chi connectivity index (χ1v) is 5.67. The normalized spacial score (nSPS) is 21.9. The summed E-state index contributed by atoms with van der Waals surface area (Å²) in [5.74, 6) is 0. The van der Waals surface area contributed by atoms with Gasteiger partial charge >= 0.3 is 0 Å². The molecule has 0 saturated carbocycles. The predicted molar refractivity (Wildman–Crippen MR) is 59.9 cm³/mol. The molecule has 0 spiro atoms. The third-order valence-electron chi connectivity index (χ3n) is 2.54. The number of thiophene rings is 1. The second-order valence-electron chi connectivity index (χ2n) is 3.56. The maximum Gasteiger partial charge on any atom is 0.146 e. The van der Waals surface area contributed by atoms with Gasteiger partial charge in [-0.3, -0.25) is 0 Å². The summed E-state index contributed by atoms with van der Waals surface area (Å²) >= 11 is 1.67. The lowest BCUT2D eigenvalue weighted by Crippen LogP contribution is -2.38. The van der Waals surface area contributed by atoms with E-state index in [9.17, 15) is 4.79 Å². The molecule has 1 aliphatic rings. The van der Waals surface area contributed by atoms with Crippen LogP contribution in [-0.4, -0.2) is 18.9 Å². The highest BCUT2D eigenvalue weighted by atomic mass is 32.1. The van der Waals surface area contributed by atoms with Crippen molar-refractivity contribution >= 4 is 23.3 Å². The van der Waals surface area contributed by atoms with Gasteiger partial charge in [0.1, 0.15) is 12.3 Å². The zero-order valence-electron chi connectivity index (χ0n) is 8.14. The van der Waals surface area contributed by atoms with E-state index in [2.05, 4.69) is 23.3 Å². The average Bonchev–Trinajstić information content (AvgIpc) is 2.70. The lowest BCUT2D eigenvalue weighted by atomic mass is 10.0. The number of nitrogens with zero attached hydrogens (tertiary/aromatic N) is 1. The number of rotatable bonds is 2. The van der Waals surface area contributed by atoms with Gasteiger partial charge in [-0.2, -0.15) is 11.3 Å². The molecule has 3 heteroatoms. The summed E-state index contributed by atoms with van der Waals surface area (Å²) in [4.78, 5) is 13.1. The zero-order valence-corrected chi connectivity index (χ0v) is 8.96. The molecule has 0 fully saturated rings. The van der Waals surface area contributed by atoms with E-state index < -0.39 is 0 Å². The molecule has 2 heterocycles. The summed E-state index contributed by atoms with van der Waals surface area (Å²) in [7, 11) is 0. The molecule has 14 heavy (non-hydrogen) atoms. The topological polar surface area (TPSA) is 20.3 Å². The predicted octanol–water partition coefficient (Wildman–Crippen LogP) is 2.47. The second-order valence-corrected chi connectivity index (χ2v) is 4.34. The van der Waals surface area contributed by atoms with E-state index >= 15 is 0 Å². The minimum absolute atomic E-state index is 0.0710. The van der Waals surface area contributed by atoms with Crippen LogP contribution in [0.2, 0.25) is 0 Å². The van der Waals surface area contributed by atoms with Gasteiger partial charge in [-0.1, -0.05) is 11.6 Å². The molecule has 0 radical (unpaired) electrons. The monoisotopic (exact) mass is 207 g/mol. The fourth-order valence-electron chi connectivity index (χ4n) is 1.75. The van der Waals surface area contributed by atoms with Crippen LogP contribution in [0.5, 0.6) is 0 Å². The number of hydrogen-bond acceptors (Lipinski definition) is 3. The lowest BCUT2D eigenvalue weighted by Gasteiger charge is -2.31. The third-order valence-corrected chi connectivity index (χ3v) is 3.21. The van der Waals surface area contributed by atoms with Gasteiger partial charge in [-0.05, 0) is 24.8 Å². The quantitative estimate of drug-likeness (QED) is 0.548. The highest BCUT2D eigenvalue weighted by Gasteiger charge is 2.20. The first-order chi connectivity index (χ1) is 6.81. The van der Waals surface area contributed by atoms with Gasteiger partial charge < -0.3 is 9.69 Å². The Hall–Kier alpha value is -1.09. The fourth-order valence-corrected chi connectivity index (χ4v) is 2.40. The Balaban J connectivity index is 2.24. The largest absolute Gasteiger partial charge is 0.357 e. The Bertz CT molecular complexity index is 342. The first-order valence-electron chi connectivity index (χ1n) is 4.72. The van der Waals surface area contributed by atoms with Gasteiger partial charge in [0.05, 0.1) is 0 Å². The highest BCUT2D eigenvalue weighted by molar-refractivity contribution is 7.08. The Kier molecular flexibility index (Phi) is 2.68. The first kappa shape index (κ1) is 9.46. The average molecular weight is 207 g/mol. The van der Waals surface area contributed by atoms with Crippen molar-refractivity contribution in [1.29, 1.82) is 0 Å². The Labute approximate surface area is 87.9 Å². The van der Waals surface area contributed by atoms with Gasteiger partial charge in [0, 0.05) is 17.6 Å². The molecule has 0 aromatic carbocycles. The van der Waals surface area contributed by atoms with Gasteiger partial charge in [0.2, 0.25) is 0 Å². The van der Waals surface area contributed by atoms with Gasteiger partial charge in [0.15, 0.2) is 0 Å². The van der Waals surface area contributed by atoms with Gasteiger partial charge in [-0.15, -0.1) is 0 Å². The molecule has 0 aliphatic carbocycles. The smallest absolute Gasteiger partial charge is 0.146 e. The summed E-state index contributed by atoms with van der Waals surface area (Å²) in [6, 6.07) is 1.99. The minimum Gasteiger partial charge on any atom is -0.357 e. The summed E-state index contributed by atoms with van der Waals surface area (Å²) in [5, 5.41) is 4.13. The van der Waals surface area contributed by atoms with Crippen LogP contribution in [0.3, 0.4) is 0 Å². The van der Waals surface area contributed by atoms with E-state index in [1.165, 1.54) is 5.57 Å². The van der Waals surface area contributed by atoms with E-state index in [-0.39, 0.29) is 6.04 Å². The number of anilines is 1. The van der Waals surface area contributed by atoms with Crippen molar-refractivity contribution < 1.29 is 4.79 Å². The van der Waals surface area contributed by atoms with Crippen LogP contribution in [0.25, 0.3) is 0 Å². The molecule has 1 aromatic heterocycles. The highest BCUT2D eigenvalue weighted by Crippen LogP contribution is 2.24. The van der Waals surface area contributed by atoms with E-state index in [4.69, 9.17) is 0 Å². The molecule has 1 aromatic rings. The standard InChI is InChI=1S/C11H13NOS/c1-9-2-4-12(11(6-9)7-13)10-3-5-14-8-10/h3,5-8,11H,2,4H2,1H3. The molecule has 0 N–H and O–H groups in total. The van der Waals surface area contributed by atoms with Crippen molar-refractivity contribution in [3.8, 4) is 0 Å². The van der Waals surface area contributed by atoms with Crippen LogP contribution in [-0.2, 0) is 4.79 Å². The molecule has 2 rings (SSSR count). The zero-order chi connectivity index (χ0) is 9.97.